The van der Waals surface area contributed by atoms with Crippen LogP contribution in [0.25, 0.3) is 33.5 Å². The maximum atomic E-state index is 4.60. The van der Waals surface area contributed by atoms with Gasteiger partial charge in [0.25, 0.3) is 0 Å². The Bertz CT molecular complexity index is 971. The molecule has 0 fully saturated rings. The average molecular weight is 321 g/mol. The molecule has 0 saturated carbocycles. The van der Waals surface area contributed by atoms with E-state index >= 15 is 0 Å². The van der Waals surface area contributed by atoms with Gasteiger partial charge in [0.05, 0.1) is 5.69 Å². The zero-order valence-corrected chi connectivity index (χ0v) is 14.2. The van der Waals surface area contributed by atoms with Crippen LogP contribution >= 0.6 is 0 Å². The van der Waals surface area contributed by atoms with E-state index in [1.807, 2.05) is 30.5 Å². The lowest BCUT2D eigenvalue weighted by Gasteiger charge is -2.10. The van der Waals surface area contributed by atoms with Crippen LogP contribution in [0.4, 0.5) is 0 Å². The maximum absolute atomic E-state index is 4.60. The van der Waals surface area contributed by atoms with Crippen LogP contribution in [0.1, 0.15) is 5.56 Å². The van der Waals surface area contributed by atoms with E-state index < -0.39 is 0 Å². The van der Waals surface area contributed by atoms with Gasteiger partial charge in [-0.25, -0.2) is 0 Å². The molecule has 1 nitrogen and oxygen atoms in total. The molecule has 0 N–H and O–H groups in total. The third kappa shape index (κ3) is 3.22. The third-order valence-electron chi connectivity index (χ3n) is 4.48. The Kier molecular flexibility index (Phi) is 4.14. The predicted molar refractivity (Wildman–Crippen MR) is 105 cm³/mol. The van der Waals surface area contributed by atoms with Gasteiger partial charge in [0.1, 0.15) is 0 Å². The Morgan fingerprint density at radius 1 is 0.560 bits per heavy atom. The molecule has 1 aromatic heterocycles. The normalized spacial score (nSPS) is 10.6. The van der Waals surface area contributed by atoms with E-state index in [4.69, 9.17) is 0 Å². The molecular formula is C24H19N. The van der Waals surface area contributed by atoms with Gasteiger partial charge in [-0.2, -0.15) is 0 Å². The van der Waals surface area contributed by atoms with E-state index in [0.29, 0.717) is 0 Å². The van der Waals surface area contributed by atoms with E-state index in [-0.39, 0.29) is 0 Å². The monoisotopic (exact) mass is 321 g/mol. The number of aryl methyl sites for hydroxylation is 1. The van der Waals surface area contributed by atoms with Crippen LogP contribution in [0, 0.1) is 6.92 Å². The number of hydrogen-bond acceptors (Lipinski definition) is 1. The molecule has 0 spiro atoms. The number of hydrogen-bond donors (Lipinski definition) is 0. The van der Waals surface area contributed by atoms with Gasteiger partial charge in [-0.15, -0.1) is 0 Å². The van der Waals surface area contributed by atoms with E-state index in [1.165, 1.54) is 27.8 Å². The molecular weight excluding hydrogens is 302 g/mol. The molecule has 0 aliphatic carbocycles. The first-order chi connectivity index (χ1) is 12.3. The lowest BCUT2D eigenvalue weighted by Crippen LogP contribution is -1.89. The molecule has 0 saturated heterocycles. The van der Waals surface area contributed by atoms with Crippen LogP contribution in [-0.4, -0.2) is 4.98 Å². The highest BCUT2D eigenvalue weighted by molar-refractivity contribution is 5.75. The first kappa shape index (κ1) is 15.3. The van der Waals surface area contributed by atoms with Crippen LogP contribution in [-0.2, 0) is 0 Å². The molecule has 1 heteroatoms. The Morgan fingerprint density at radius 3 is 1.72 bits per heavy atom. The van der Waals surface area contributed by atoms with E-state index in [2.05, 4.69) is 78.6 Å². The van der Waals surface area contributed by atoms with Crippen LogP contribution in [0.15, 0.2) is 97.2 Å². The quantitative estimate of drug-likeness (QED) is 0.426. The maximum Gasteiger partial charge on any atom is 0.0708 e. The van der Waals surface area contributed by atoms with Crippen molar-refractivity contribution in [2.45, 2.75) is 6.92 Å². The summed E-state index contributed by atoms with van der Waals surface area (Å²) in [5, 5.41) is 0. The van der Waals surface area contributed by atoms with Gasteiger partial charge in [-0.05, 0) is 40.8 Å². The van der Waals surface area contributed by atoms with Gasteiger partial charge in [-0.3, -0.25) is 4.98 Å². The summed E-state index contributed by atoms with van der Waals surface area (Å²) in [5.41, 5.74) is 8.26. The molecule has 0 aliphatic heterocycles. The number of rotatable bonds is 3. The van der Waals surface area contributed by atoms with Crippen molar-refractivity contribution in [3.63, 3.8) is 0 Å². The van der Waals surface area contributed by atoms with Crippen molar-refractivity contribution < 1.29 is 0 Å². The van der Waals surface area contributed by atoms with Gasteiger partial charge < -0.3 is 0 Å². The van der Waals surface area contributed by atoms with Crippen molar-refractivity contribution in [2.24, 2.45) is 0 Å². The molecule has 3 aromatic carbocycles. The van der Waals surface area contributed by atoms with Crippen molar-refractivity contribution in [1.82, 2.24) is 4.98 Å². The lowest BCUT2D eigenvalue weighted by atomic mass is 9.97. The highest BCUT2D eigenvalue weighted by atomic mass is 14.7. The van der Waals surface area contributed by atoms with E-state index in [9.17, 15) is 0 Å². The number of pyridine rings is 1. The first-order valence-corrected chi connectivity index (χ1v) is 8.49. The summed E-state index contributed by atoms with van der Waals surface area (Å²) < 4.78 is 0. The van der Waals surface area contributed by atoms with Gasteiger partial charge >= 0.3 is 0 Å². The highest BCUT2D eigenvalue weighted by Gasteiger charge is 2.07. The fourth-order valence-electron chi connectivity index (χ4n) is 3.07. The second-order valence-electron chi connectivity index (χ2n) is 6.19. The van der Waals surface area contributed by atoms with Crippen LogP contribution in [0.2, 0.25) is 0 Å². The highest BCUT2D eigenvalue weighted by Crippen LogP contribution is 2.29. The molecule has 0 aliphatic rings. The van der Waals surface area contributed by atoms with Crippen molar-refractivity contribution in [1.29, 1.82) is 0 Å². The van der Waals surface area contributed by atoms with Gasteiger partial charge in [0.15, 0.2) is 0 Å². The van der Waals surface area contributed by atoms with Crippen LogP contribution in [0.3, 0.4) is 0 Å². The van der Waals surface area contributed by atoms with Crippen molar-refractivity contribution in [2.75, 3.05) is 0 Å². The predicted octanol–water partition coefficient (Wildman–Crippen LogP) is 6.39. The molecule has 0 unspecified atom stereocenters. The molecule has 120 valence electrons. The summed E-state index contributed by atoms with van der Waals surface area (Å²) >= 11 is 0. The molecule has 4 rings (SSSR count). The largest absolute Gasteiger partial charge is 0.256 e. The molecule has 0 atom stereocenters. The van der Waals surface area contributed by atoms with E-state index in [1.54, 1.807) is 0 Å². The summed E-state index contributed by atoms with van der Waals surface area (Å²) in [5.74, 6) is 0. The van der Waals surface area contributed by atoms with Crippen molar-refractivity contribution >= 4 is 0 Å². The molecule has 0 radical (unpaired) electrons. The molecule has 25 heavy (non-hydrogen) atoms. The number of aromatic nitrogens is 1. The second kappa shape index (κ2) is 6.74. The first-order valence-electron chi connectivity index (χ1n) is 8.49. The molecule has 1 heterocycles. The minimum Gasteiger partial charge on any atom is -0.256 e. The second-order valence-corrected chi connectivity index (χ2v) is 6.19. The van der Waals surface area contributed by atoms with Gasteiger partial charge in [-0.1, -0.05) is 84.9 Å². The Morgan fingerprint density at radius 2 is 1.08 bits per heavy atom. The van der Waals surface area contributed by atoms with E-state index in [0.717, 1.165) is 11.3 Å². The van der Waals surface area contributed by atoms with Gasteiger partial charge in [0, 0.05) is 11.8 Å². The molecule has 4 aromatic rings. The minimum absolute atomic E-state index is 1.01. The van der Waals surface area contributed by atoms with Crippen molar-refractivity contribution in [3.05, 3.63) is 103 Å². The minimum atomic E-state index is 1.01. The molecule has 0 amide bonds. The standard InChI is InChI=1S/C24H19N/c1-18-17-25-24(22-10-6-3-7-11-22)16-23(18)21-14-12-20(13-15-21)19-8-4-2-5-9-19/h2-17H,1H3. The summed E-state index contributed by atoms with van der Waals surface area (Å²) in [6.45, 7) is 2.11. The summed E-state index contributed by atoms with van der Waals surface area (Å²) in [6.07, 6.45) is 1.96. The number of benzene rings is 3. The number of nitrogens with zero attached hydrogens (tertiary/aromatic N) is 1. The Hall–Kier alpha value is -3.19. The zero-order valence-electron chi connectivity index (χ0n) is 14.2. The Labute approximate surface area is 148 Å². The van der Waals surface area contributed by atoms with Crippen molar-refractivity contribution in [3.8, 4) is 33.5 Å². The zero-order chi connectivity index (χ0) is 17.1. The fourth-order valence-corrected chi connectivity index (χ4v) is 3.07. The lowest BCUT2D eigenvalue weighted by molar-refractivity contribution is 1.27. The summed E-state index contributed by atoms with van der Waals surface area (Å²) in [7, 11) is 0. The third-order valence-corrected chi connectivity index (χ3v) is 4.48. The summed E-state index contributed by atoms with van der Waals surface area (Å²) in [4.78, 5) is 4.60. The van der Waals surface area contributed by atoms with Crippen LogP contribution < -0.4 is 0 Å². The Balaban J connectivity index is 1.72. The smallest absolute Gasteiger partial charge is 0.0708 e. The SMILES string of the molecule is Cc1cnc(-c2ccccc2)cc1-c1ccc(-c2ccccc2)cc1. The van der Waals surface area contributed by atoms with Gasteiger partial charge in [0.2, 0.25) is 0 Å². The average Bonchev–Trinajstić information content (AvgIpc) is 2.70. The summed E-state index contributed by atoms with van der Waals surface area (Å²) in [6, 6.07) is 31.7. The molecule has 0 bridgehead atoms. The topological polar surface area (TPSA) is 12.9 Å². The fraction of sp³-hybridized carbons (Fsp3) is 0.0417. The van der Waals surface area contributed by atoms with Crippen LogP contribution in [0.5, 0.6) is 0 Å².